The van der Waals surface area contributed by atoms with Crippen molar-refractivity contribution in [1.82, 2.24) is 19.0 Å². The van der Waals surface area contributed by atoms with E-state index in [0.29, 0.717) is 6.54 Å². The van der Waals surface area contributed by atoms with E-state index < -0.39 is 0 Å². The summed E-state index contributed by atoms with van der Waals surface area (Å²) in [6.45, 7) is 4.26. The first-order chi connectivity index (χ1) is 18.2. The number of hydrogen-bond acceptors (Lipinski definition) is 3. The predicted octanol–water partition coefficient (Wildman–Crippen LogP) is 5.54. The van der Waals surface area contributed by atoms with E-state index in [-0.39, 0.29) is 11.6 Å². The lowest BCUT2D eigenvalue weighted by Gasteiger charge is -2.30. The van der Waals surface area contributed by atoms with Gasteiger partial charge in [0, 0.05) is 44.1 Å². The molecular formula is C32H30N4O. The van der Waals surface area contributed by atoms with E-state index in [9.17, 15) is 4.79 Å². The van der Waals surface area contributed by atoms with Crippen LogP contribution in [-0.2, 0) is 19.5 Å². The van der Waals surface area contributed by atoms with Crippen molar-refractivity contribution in [2.24, 2.45) is 0 Å². The van der Waals surface area contributed by atoms with Gasteiger partial charge in [-0.2, -0.15) is 0 Å². The molecule has 0 fully saturated rings. The summed E-state index contributed by atoms with van der Waals surface area (Å²) in [5.74, 6) is 0.760. The molecule has 0 bridgehead atoms. The van der Waals surface area contributed by atoms with Gasteiger partial charge >= 0.3 is 0 Å². The number of nitrogens with zero attached hydrogens (tertiary/aromatic N) is 4. The molecule has 5 aromatic rings. The number of rotatable bonds is 6. The highest BCUT2D eigenvalue weighted by Crippen LogP contribution is 2.27. The maximum absolute atomic E-state index is 14.1. The van der Waals surface area contributed by atoms with Crippen LogP contribution in [0.2, 0.25) is 0 Å². The fraction of sp³-hybridized carbons (Fsp3) is 0.188. The highest BCUT2D eigenvalue weighted by atomic mass is 16.1. The lowest BCUT2D eigenvalue weighted by molar-refractivity contribution is 0.240. The van der Waals surface area contributed by atoms with Crippen molar-refractivity contribution in [2.75, 3.05) is 6.54 Å². The summed E-state index contributed by atoms with van der Waals surface area (Å²) in [4.78, 5) is 21.4. The fourth-order valence-corrected chi connectivity index (χ4v) is 5.40. The van der Waals surface area contributed by atoms with Crippen LogP contribution in [0, 0.1) is 6.92 Å². The van der Waals surface area contributed by atoms with Gasteiger partial charge in [-0.1, -0.05) is 72.8 Å². The van der Waals surface area contributed by atoms with Crippen LogP contribution in [0.5, 0.6) is 0 Å². The van der Waals surface area contributed by atoms with Crippen molar-refractivity contribution < 1.29 is 0 Å². The van der Waals surface area contributed by atoms with E-state index in [1.54, 1.807) is 0 Å². The van der Waals surface area contributed by atoms with Crippen molar-refractivity contribution in [3.05, 3.63) is 154 Å². The Balaban J connectivity index is 1.32. The van der Waals surface area contributed by atoms with Crippen molar-refractivity contribution in [3.8, 4) is 5.69 Å². The zero-order chi connectivity index (χ0) is 25.2. The molecule has 5 heteroatoms. The maximum atomic E-state index is 14.1. The lowest BCUT2D eigenvalue weighted by Crippen LogP contribution is -2.40. The summed E-state index contributed by atoms with van der Waals surface area (Å²) >= 11 is 0. The van der Waals surface area contributed by atoms with Gasteiger partial charge in [-0.3, -0.25) is 14.3 Å². The average Bonchev–Trinajstić information content (AvgIpc) is 3.48. The molecule has 0 saturated heterocycles. The number of aromatic nitrogens is 3. The third-order valence-corrected chi connectivity index (χ3v) is 7.25. The summed E-state index contributed by atoms with van der Waals surface area (Å²) in [6, 6.07) is 33.0. The largest absolute Gasteiger partial charge is 0.324 e. The zero-order valence-corrected chi connectivity index (χ0v) is 21.0. The Labute approximate surface area is 217 Å². The first-order valence-corrected chi connectivity index (χ1v) is 12.8. The molecule has 0 N–H and O–H groups in total. The number of fused-ring (bicyclic) bond motifs is 1. The third kappa shape index (κ3) is 4.66. The van der Waals surface area contributed by atoms with Crippen LogP contribution >= 0.6 is 0 Å². The van der Waals surface area contributed by atoms with Crippen molar-refractivity contribution in [1.29, 1.82) is 0 Å². The lowest BCUT2D eigenvalue weighted by atomic mass is 9.97. The van der Waals surface area contributed by atoms with Gasteiger partial charge in [-0.15, -0.1) is 0 Å². The molecule has 5 nitrogen and oxygen atoms in total. The first-order valence-electron chi connectivity index (χ1n) is 12.8. The molecule has 0 amide bonds. The van der Waals surface area contributed by atoms with E-state index in [1.165, 1.54) is 5.56 Å². The maximum Gasteiger partial charge on any atom is 0.259 e. The number of hydrogen-bond donors (Lipinski definition) is 0. The highest BCUT2D eigenvalue weighted by Gasteiger charge is 2.27. The molecule has 1 aliphatic heterocycles. The average molecular weight is 487 g/mol. The molecule has 0 atom stereocenters. The minimum atomic E-state index is -0.218. The van der Waals surface area contributed by atoms with Crippen LogP contribution in [0.4, 0.5) is 0 Å². The van der Waals surface area contributed by atoms with Crippen molar-refractivity contribution in [2.45, 2.75) is 32.5 Å². The Hall–Kier alpha value is -4.22. The Morgan fingerprint density at radius 1 is 0.811 bits per heavy atom. The summed E-state index contributed by atoms with van der Waals surface area (Å²) in [7, 11) is 0. The molecule has 0 aliphatic carbocycles. The summed E-state index contributed by atoms with van der Waals surface area (Å²) in [5, 5.41) is 0. The first kappa shape index (κ1) is 23.2. The van der Waals surface area contributed by atoms with E-state index in [4.69, 9.17) is 4.98 Å². The molecule has 3 heterocycles. The van der Waals surface area contributed by atoms with Gasteiger partial charge in [-0.05, 0) is 47.9 Å². The van der Waals surface area contributed by atoms with Crippen LogP contribution < -0.4 is 5.56 Å². The molecule has 6 rings (SSSR count). The summed E-state index contributed by atoms with van der Waals surface area (Å²) in [6.07, 6.45) is 4.89. The second kappa shape index (κ2) is 10.0. The van der Waals surface area contributed by atoms with Crippen LogP contribution in [0.15, 0.2) is 114 Å². The molecule has 0 spiro atoms. The minimum Gasteiger partial charge on any atom is -0.324 e. The van der Waals surface area contributed by atoms with Crippen molar-refractivity contribution >= 4 is 0 Å². The molecule has 37 heavy (non-hydrogen) atoms. The number of benzene rings is 3. The van der Waals surface area contributed by atoms with Gasteiger partial charge < -0.3 is 4.57 Å². The smallest absolute Gasteiger partial charge is 0.259 e. The van der Waals surface area contributed by atoms with Gasteiger partial charge in [0.25, 0.3) is 5.56 Å². The van der Waals surface area contributed by atoms with E-state index in [0.717, 1.165) is 53.4 Å². The van der Waals surface area contributed by atoms with Crippen LogP contribution in [0.25, 0.3) is 5.69 Å². The number of aryl methyl sites for hydroxylation is 1. The summed E-state index contributed by atoms with van der Waals surface area (Å²) in [5.41, 5.74) is 6.37. The molecule has 0 saturated carbocycles. The van der Waals surface area contributed by atoms with Gasteiger partial charge in [-0.25, -0.2) is 4.98 Å². The minimum absolute atomic E-state index is 0.0628. The fourth-order valence-electron chi connectivity index (χ4n) is 5.40. The molecule has 1 aliphatic rings. The molecule has 184 valence electrons. The topological polar surface area (TPSA) is 43.1 Å². The second-order valence-electron chi connectivity index (χ2n) is 9.70. The van der Waals surface area contributed by atoms with E-state index in [2.05, 4.69) is 70.4 Å². The monoisotopic (exact) mass is 486 g/mol. The SMILES string of the molecule is Cc1nc2c(c(=O)n1C(c1ccccc1)c1ccccc1)CN(Cc1ccc(-n3cccc3)cc1)CC2. The Morgan fingerprint density at radius 3 is 2.05 bits per heavy atom. The molecule has 2 aromatic heterocycles. The third-order valence-electron chi connectivity index (χ3n) is 7.25. The summed E-state index contributed by atoms with van der Waals surface area (Å²) < 4.78 is 3.99. The van der Waals surface area contributed by atoms with Crippen LogP contribution in [0.3, 0.4) is 0 Å². The van der Waals surface area contributed by atoms with Gasteiger partial charge in [0.15, 0.2) is 0 Å². The molecule has 0 unspecified atom stereocenters. The van der Waals surface area contributed by atoms with Gasteiger partial charge in [0.2, 0.25) is 0 Å². The van der Waals surface area contributed by atoms with Crippen LogP contribution in [-0.4, -0.2) is 25.6 Å². The normalized spacial score (nSPS) is 13.6. The quantitative estimate of drug-likeness (QED) is 0.317. The standard InChI is InChI=1S/C32H30N4O/c1-24-33-30-18-21-34(22-25-14-16-28(17-15-25)35-19-8-9-20-35)23-29(30)32(37)36(24)31(26-10-4-2-5-11-26)27-12-6-3-7-13-27/h2-17,19-20,31H,18,21-23H2,1H3. The Kier molecular flexibility index (Phi) is 6.29. The van der Waals surface area contributed by atoms with Crippen molar-refractivity contribution in [3.63, 3.8) is 0 Å². The predicted molar refractivity (Wildman–Crippen MR) is 147 cm³/mol. The molecule has 3 aromatic carbocycles. The van der Waals surface area contributed by atoms with Gasteiger partial charge in [0.1, 0.15) is 5.82 Å². The Bertz CT molecular complexity index is 1500. The highest BCUT2D eigenvalue weighted by molar-refractivity contribution is 5.36. The van der Waals surface area contributed by atoms with E-state index in [1.807, 2.05) is 60.0 Å². The second-order valence-corrected chi connectivity index (χ2v) is 9.70. The zero-order valence-electron chi connectivity index (χ0n) is 21.0. The molecular weight excluding hydrogens is 456 g/mol. The molecule has 0 radical (unpaired) electrons. The van der Waals surface area contributed by atoms with Gasteiger partial charge in [0.05, 0.1) is 17.3 Å². The van der Waals surface area contributed by atoms with E-state index >= 15 is 0 Å². The van der Waals surface area contributed by atoms with Crippen LogP contribution in [0.1, 0.15) is 39.8 Å². The Morgan fingerprint density at radius 2 is 1.43 bits per heavy atom.